The zero-order valence-corrected chi connectivity index (χ0v) is 19.5. The van der Waals surface area contributed by atoms with Crippen molar-refractivity contribution in [3.05, 3.63) is 88.4 Å². The van der Waals surface area contributed by atoms with E-state index in [1.807, 2.05) is 44.4 Å². The molecule has 1 aliphatic heterocycles. The van der Waals surface area contributed by atoms with Gasteiger partial charge >= 0.3 is 5.97 Å². The Kier molecular flexibility index (Phi) is 6.95. The number of carbonyl (C=O) groups excluding carboxylic acids is 1. The average Bonchev–Trinajstić information content (AvgIpc) is 3.11. The Morgan fingerprint density at radius 1 is 1.09 bits per heavy atom. The highest BCUT2D eigenvalue weighted by atomic mass is 35.5. The van der Waals surface area contributed by atoms with E-state index in [-0.39, 0.29) is 5.91 Å². The summed E-state index contributed by atoms with van der Waals surface area (Å²) < 4.78 is 5.24. The summed E-state index contributed by atoms with van der Waals surface area (Å²) in [5.41, 5.74) is 4.64. The van der Waals surface area contributed by atoms with E-state index in [9.17, 15) is 9.59 Å². The van der Waals surface area contributed by atoms with E-state index < -0.39 is 18.5 Å². The zero-order valence-electron chi connectivity index (χ0n) is 18.8. The van der Waals surface area contributed by atoms with Crippen molar-refractivity contribution in [2.24, 2.45) is 4.99 Å². The van der Waals surface area contributed by atoms with Gasteiger partial charge in [0.1, 0.15) is 11.7 Å². The molecule has 7 nitrogen and oxygen atoms in total. The van der Waals surface area contributed by atoms with E-state index in [1.165, 1.54) is 0 Å². The number of carboxylic acid groups (broad SMARTS) is 1. The maximum absolute atomic E-state index is 13.0. The number of carbonyl (C=O) groups is 2. The van der Waals surface area contributed by atoms with Gasteiger partial charge in [-0.2, -0.15) is 0 Å². The largest absolute Gasteiger partial charge is 0.482 e. The molecule has 0 bridgehead atoms. The van der Waals surface area contributed by atoms with Gasteiger partial charge in [0.25, 0.3) is 0 Å². The first-order valence-corrected chi connectivity index (χ1v) is 11.1. The highest BCUT2D eigenvalue weighted by Crippen LogP contribution is 2.38. The number of anilines is 1. The molecule has 0 aliphatic carbocycles. The third-order valence-corrected chi connectivity index (χ3v) is 5.55. The number of carboxylic acids is 1. The van der Waals surface area contributed by atoms with Crippen molar-refractivity contribution in [1.82, 2.24) is 4.90 Å². The molecule has 0 aromatic heterocycles. The van der Waals surface area contributed by atoms with Gasteiger partial charge in [-0.1, -0.05) is 29.8 Å². The van der Waals surface area contributed by atoms with Crippen molar-refractivity contribution in [3.63, 3.8) is 0 Å². The monoisotopic (exact) mass is 477 g/mol. The SMILES string of the molecule is CN(C)Cc1ccc(N=C(c2ccc(OCC(=O)O)cc2)C2C(=O)Nc3cc(Cl)ccc32)cc1. The molecule has 1 aliphatic rings. The Morgan fingerprint density at radius 2 is 1.79 bits per heavy atom. The molecule has 174 valence electrons. The van der Waals surface area contributed by atoms with E-state index in [4.69, 9.17) is 26.4 Å². The normalized spacial score (nSPS) is 15.2. The molecule has 0 spiro atoms. The number of nitrogens with zero attached hydrogens (tertiary/aromatic N) is 2. The summed E-state index contributed by atoms with van der Waals surface area (Å²) >= 11 is 6.12. The van der Waals surface area contributed by atoms with Gasteiger partial charge in [-0.05, 0) is 79.3 Å². The average molecular weight is 478 g/mol. The van der Waals surface area contributed by atoms with E-state index in [2.05, 4.69) is 10.2 Å². The van der Waals surface area contributed by atoms with Crippen molar-refractivity contribution in [3.8, 4) is 5.75 Å². The molecular formula is C26H24ClN3O4. The van der Waals surface area contributed by atoms with Crippen LogP contribution in [0.4, 0.5) is 11.4 Å². The van der Waals surface area contributed by atoms with Crippen LogP contribution in [0.5, 0.6) is 5.75 Å². The van der Waals surface area contributed by atoms with Crippen molar-refractivity contribution >= 4 is 40.6 Å². The summed E-state index contributed by atoms with van der Waals surface area (Å²) in [6.45, 7) is 0.382. The van der Waals surface area contributed by atoms with Crippen LogP contribution in [-0.4, -0.2) is 48.3 Å². The number of aliphatic carboxylic acids is 1. The van der Waals surface area contributed by atoms with Crippen molar-refractivity contribution in [2.45, 2.75) is 12.5 Å². The van der Waals surface area contributed by atoms with Crippen LogP contribution in [0, 0.1) is 0 Å². The van der Waals surface area contributed by atoms with Crippen LogP contribution in [0.2, 0.25) is 5.02 Å². The number of fused-ring (bicyclic) bond motifs is 1. The number of hydrogen-bond donors (Lipinski definition) is 2. The third-order valence-electron chi connectivity index (χ3n) is 5.32. The quantitative estimate of drug-likeness (QED) is 0.458. The van der Waals surface area contributed by atoms with Crippen LogP contribution in [0.1, 0.15) is 22.6 Å². The minimum Gasteiger partial charge on any atom is -0.482 e. The Balaban J connectivity index is 1.74. The number of hydrogen-bond acceptors (Lipinski definition) is 5. The number of aliphatic imine (C=N–C) groups is 1. The number of rotatable bonds is 8. The Labute approximate surface area is 202 Å². The van der Waals surface area contributed by atoms with Gasteiger partial charge in [0, 0.05) is 17.3 Å². The standard InChI is InChI=1S/C26H24ClN3O4/c1-30(2)14-16-3-8-19(9-4-16)28-25(17-5-10-20(11-6-17)34-15-23(31)32)24-21-12-7-18(27)13-22(21)29-26(24)33/h3-13,24H,14-15H2,1-2H3,(H,29,33)(H,31,32). The smallest absolute Gasteiger partial charge is 0.341 e. The summed E-state index contributed by atoms with van der Waals surface area (Å²) in [5.74, 6) is -1.45. The summed E-state index contributed by atoms with van der Waals surface area (Å²) in [6, 6.07) is 20.1. The molecule has 0 radical (unpaired) electrons. The van der Waals surface area contributed by atoms with Gasteiger partial charge < -0.3 is 20.1 Å². The highest BCUT2D eigenvalue weighted by Gasteiger charge is 2.35. The topological polar surface area (TPSA) is 91.2 Å². The highest BCUT2D eigenvalue weighted by molar-refractivity contribution is 6.31. The fourth-order valence-electron chi connectivity index (χ4n) is 3.85. The molecule has 0 saturated carbocycles. The number of nitrogens with one attached hydrogen (secondary N) is 1. The van der Waals surface area contributed by atoms with Gasteiger partial charge in [-0.25, -0.2) is 4.79 Å². The van der Waals surface area contributed by atoms with E-state index in [1.54, 1.807) is 36.4 Å². The molecule has 1 unspecified atom stereocenters. The van der Waals surface area contributed by atoms with Crippen molar-refractivity contribution < 1.29 is 19.4 Å². The molecule has 34 heavy (non-hydrogen) atoms. The lowest BCUT2D eigenvalue weighted by Crippen LogP contribution is -2.22. The lowest BCUT2D eigenvalue weighted by atomic mass is 9.90. The van der Waals surface area contributed by atoms with E-state index in [0.717, 1.165) is 28.9 Å². The first-order chi connectivity index (χ1) is 16.3. The maximum Gasteiger partial charge on any atom is 0.341 e. The zero-order chi connectivity index (χ0) is 24.2. The first-order valence-electron chi connectivity index (χ1n) is 10.7. The minimum atomic E-state index is -1.05. The predicted molar refractivity (Wildman–Crippen MR) is 132 cm³/mol. The molecule has 1 atom stereocenters. The van der Waals surface area contributed by atoms with Gasteiger partial charge in [0.2, 0.25) is 5.91 Å². The molecule has 0 fully saturated rings. The number of benzene rings is 3. The second-order valence-corrected chi connectivity index (χ2v) is 8.70. The van der Waals surface area contributed by atoms with E-state index >= 15 is 0 Å². The minimum absolute atomic E-state index is 0.188. The fourth-order valence-corrected chi connectivity index (χ4v) is 4.02. The van der Waals surface area contributed by atoms with Gasteiger partial charge in [-0.3, -0.25) is 9.79 Å². The Bertz CT molecular complexity index is 1240. The Hall–Kier alpha value is -3.68. The number of halogens is 1. The fraction of sp³-hybridized carbons (Fsp3) is 0.192. The lowest BCUT2D eigenvalue weighted by Gasteiger charge is -2.15. The second-order valence-electron chi connectivity index (χ2n) is 8.26. The number of ether oxygens (including phenoxy) is 1. The molecular weight excluding hydrogens is 454 g/mol. The van der Waals surface area contributed by atoms with Crippen LogP contribution in [0.15, 0.2) is 71.7 Å². The Morgan fingerprint density at radius 3 is 2.44 bits per heavy atom. The third kappa shape index (κ3) is 5.44. The second kappa shape index (κ2) is 10.1. The van der Waals surface area contributed by atoms with Gasteiger partial charge in [-0.15, -0.1) is 0 Å². The van der Waals surface area contributed by atoms with Crippen LogP contribution in [-0.2, 0) is 16.1 Å². The van der Waals surface area contributed by atoms with Crippen molar-refractivity contribution in [2.75, 3.05) is 26.0 Å². The molecule has 0 saturated heterocycles. The molecule has 3 aromatic carbocycles. The molecule has 1 amide bonds. The van der Waals surface area contributed by atoms with Gasteiger partial charge in [0.15, 0.2) is 6.61 Å². The first kappa shape index (κ1) is 23.5. The van der Waals surface area contributed by atoms with E-state index in [0.29, 0.717) is 22.2 Å². The molecule has 8 heteroatoms. The summed E-state index contributed by atoms with van der Waals surface area (Å²) in [7, 11) is 4.02. The lowest BCUT2D eigenvalue weighted by molar-refractivity contribution is -0.139. The van der Waals surface area contributed by atoms with Gasteiger partial charge in [0.05, 0.1) is 11.4 Å². The number of amides is 1. The maximum atomic E-state index is 13.0. The molecule has 4 rings (SSSR count). The van der Waals surface area contributed by atoms with Crippen LogP contribution >= 0.6 is 11.6 Å². The van der Waals surface area contributed by atoms with Crippen LogP contribution in [0.25, 0.3) is 0 Å². The molecule has 1 heterocycles. The predicted octanol–water partition coefficient (Wildman–Crippen LogP) is 4.72. The summed E-state index contributed by atoms with van der Waals surface area (Å²) in [6.07, 6.45) is 0. The summed E-state index contributed by atoms with van der Waals surface area (Å²) in [5, 5.41) is 12.3. The van der Waals surface area contributed by atoms with Crippen LogP contribution in [0.3, 0.4) is 0 Å². The van der Waals surface area contributed by atoms with Crippen molar-refractivity contribution in [1.29, 1.82) is 0 Å². The summed E-state index contributed by atoms with van der Waals surface area (Å²) in [4.78, 5) is 30.8. The molecule has 3 aromatic rings. The van der Waals surface area contributed by atoms with Crippen LogP contribution < -0.4 is 10.1 Å². The molecule has 2 N–H and O–H groups in total.